The lowest BCUT2D eigenvalue weighted by Gasteiger charge is -2.11. The summed E-state index contributed by atoms with van der Waals surface area (Å²) in [4.78, 5) is 26.2. The number of carbonyl (C=O) groups is 1. The van der Waals surface area contributed by atoms with E-state index in [9.17, 15) is 26.7 Å². The van der Waals surface area contributed by atoms with Gasteiger partial charge in [-0.25, -0.2) is 24.6 Å². The first kappa shape index (κ1) is 20.3. The molecule has 1 aliphatic rings. The Morgan fingerprint density at radius 2 is 1.97 bits per heavy atom. The third kappa shape index (κ3) is 3.78. The van der Waals surface area contributed by atoms with Gasteiger partial charge in [0.05, 0.1) is 11.1 Å². The zero-order valence-electron chi connectivity index (χ0n) is 15.1. The zero-order chi connectivity index (χ0) is 22.4. The van der Waals surface area contributed by atoms with Crippen molar-refractivity contribution in [3.8, 4) is 17.1 Å². The highest BCUT2D eigenvalue weighted by Gasteiger charge is 2.47. The number of halogens is 5. The van der Waals surface area contributed by atoms with E-state index in [2.05, 4.69) is 25.0 Å². The SMILES string of the molecule is NC(=O)/C(=C/n1cnc(-c2cc(C(F)(F)F)nc3c2OCC3(F)F)n1)c1cncnc1. The quantitative estimate of drug-likeness (QED) is 0.488. The van der Waals surface area contributed by atoms with Crippen LogP contribution in [0.5, 0.6) is 5.75 Å². The van der Waals surface area contributed by atoms with Crippen LogP contribution in [-0.4, -0.2) is 42.2 Å². The lowest BCUT2D eigenvalue weighted by Crippen LogP contribution is -2.18. The van der Waals surface area contributed by atoms with Crippen molar-refractivity contribution in [1.82, 2.24) is 29.7 Å². The van der Waals surface area contributed by atoms with Gasteiger partial charge >= 0.3 is 12.1 Å². The van der Waals surface area contributed by atoms with Crippen molar-refractivity contribution in [3.63, 3.8) is 0 Å². The van der Waals surface area contributed by atoms with Crippen molar-refractivity contribution in [1.29, 1.82) is 0 Å². The molecule has 1 aliphatic heterocycles. The van der Waals surface area contributed by atoms with E-state index in [0.717, 1.165) is 17.2 Å². The molecule has 0 radical (unpaired) electrons. The highest BCUT2D eigenvalue weighted by Crippen LogP contribution is 2.46. The molecular weight excluding hydrogens is 429 g/mol. The maximum atomic E-state index is 14.0. The molecule has 3 aromatic heterocycles. The first-order chi connectivity index (χ1) is 14.6. The van der Waals surface area contributed by atoms with Crippen LogP contribution in [0.25, 0.3) is 23.2 Å². The largest absolute Gasteiger partial charge is 0.484 e. The maximum Gasteiger partial charge on any atom is 0.433 e. The number of aromatic nitrogens is 6. The minimum atomic E-state index is -4.99. The number of carbonyl (C=O) groups excluding carboxylic acids is 1. The first-order valence-electron chi connectivity index (χ1n) is 8.38. The average molecular weight is 439 g/mol. The second kappa shape index (κ2) is 7.07. The molecule has 9 nitrogen and oxygen atoms in total. The summed E-state index contributed by atoms with van der Waals surface area (Å²) in [7, 11) is 0. The van der Waals surface area contributed by atoms with Crippen LogP contribution in [0.4, 0.5) is 22.0 Å². The standard InChI is InChI=1S/C17H10F5N7O2/c18-16(19)5-31-12-9(1-11(17(20,21)22)27-13(12)16)15-26-7-29(28-15)4-10(14(23)30)8-2-24-6-25-3-8/h1-4,6-7H,5H2,(H2,23,30)/b10-4+. The molecule has 0 spiro atoms. The van der Waals surface area contributed by atoms with E-state index in [0.29, 0.717) is 6.07 Å². The molecule has 0 aromatic carbocycles. The highest BCUT2D eigenvalue weighted by molar-refractivity contribution is 6.22. The Morgan fingerprint density at radius 1 is 1.26 bits per heavy atom. The van der Waals surface area contributed by atoms with Crippen molar-refractivity contribution < 1.29 is 31.5 Å². The van der Waals surface area contributed by atoms with Crippen LogP contribution in [0.1, 0.15) is 17.0 Å². The van der Waals surface area contributed by atoms with Crippen LogP contribution in [-0.2, 0) is 16.9 Å². The van der Waals surface area contributed by atoms with E-state index < -0.39 is 47.3 Å². The van der Waals surface area contributed by atoms with E-state index in [1.54, 1.807) is 0 Å². The number of primary amides is 1. The number of hydrogen-bond donors (Lipinski definition) is 1. The van der Waals surface area contributed by atoms with E-state index in [1.165, 1.54) is 18.7 Å². The summed E-state index contributed by atoms with van der Waals surface area (Å²) in [6.45, 7) is -1.16. The van der Waals surface area contributed by atoms with Gasteiger partial charge in [-0.05, 0) is 6.07 Å². The maximum absolute atomic E-state index is 14.0. The molecule has 4 heterocycles. The Labute approximate surface area is 169 Å². The molecule has 31 heavy (non-hydrogen) atoms. The molecule has 0 saturated carbocycles. The molecule has 1 amide bonds. The molecule has 3 aromatic rings. The Hall–Kier alpha value is -3.97. The van der Waals surface area contributed by atoms with Gasteiger partial charge < -0.3 is 10.5 Å². The summed E-state index contributed by atoms with van der Waals surface area (Å²) in [6.07, 6.45) is 1.05. The molecule has 0 fully saturated rings. The summed E-state index contributed by atoms with van der Waals surface area (Å²) in [5.41, 5.74) is 2.40. The summed E-state index contributed by atoms with van der Waals surface area (Å²) in [5.74, 6) is -5.48. The number of ether oxygens (including phenoxy) is 1. The van der Waals surface area contributed by atoms with Crippen LogP contribution in [0.15, 0.2) is 31.1 Å². The predicted octanol–water partition coefficient (Wildman–Crippen LogP) is 2.12. The molecule has 0 aliphatic carbocycles. The predicted molar refractivity (Wildman–Crippen MR) is 93.0 cm³/mol. The van der Waals surface area contributed by atoms with E-state index >= 15 is 0 Å². The summed E-state index contributed by atoms with van der Waals surface area (Å²) in [5, 5.41) is 3.94. The zero-order valence-corrected chi connectivity index (χ0v) is 15.1. The number of hydrogen-bond acceptors (Lipinski definition) is 7. The molecule has 0 bridgehead atoms. The van der Waals surface area contributed by atoms with Crippen molar-refractivity contribution in [3.05, 3.63) is 48.1 Å². The second-order valence-corrected chi connectivity index (χ2v) is 6.31. The van der Waals surface area contributed by atoms with Gasteiger partial charge in [0.15, 0.2) is 23.9 Å². The van der Waals surface area contributed by atoms with Crippen LogP contribution in [0.3, 0.4) is 0 Å². The monoisotopic (exact) mass is 439 g/mol. The Morgan fingerprint density at radius 3 is 2.61 bits per heavy atom. The highest BCUT2D eigenvalue weighted by atomic mass is 19.4. The minimum absolute atomic E-state index is 0.0734. The summed E-state index contributed by atoms with van der Waals surface area (Å²) in [6, 6.07) is 0.518. The van der Waals surface area contributed by atoms with Gasteiger partial charge in [0.2, 0.25) is 0 Å². The van der Waals surface area contributed by atoms with Gasteiger partial charge in [-0.3, -0.25) is 4.79 Å². The molecule has 0 unspecified atom stereocenters. The Balaban J connectivity index is 1.81. The summed E-state index contributed by atoms with van der Waals surface area (Å²) >= 11 is 0. The van der Waals surface area contributed by atoms with Crippen molar-refractivity contribution in [2.75, 3.05) is 6.61 Å². The van der Waals surface area contributed by atoms with E-state index in [1.807, 2.05) is 0 Å². The Bertz CT molecular complexity index is 1190. The van der Waals surface area contributed by atoms with Gasteiger partial charge in [0, 0.05) is 24.2 Å². The van der Waals surface area contributed by atoms with Gasteiger partial charge in [-0.1, -0.05) is 0 Å². The van der Waals surface area contributed by atoms with Gasteiger partial charge in [0.25, 0.3) is 5.91 Å². The fraction of sp³-hybridized carbons (Fsp3) is 0.176. The van der Waals surface area contributed by atoms with Crippen molar-refractivity contribution >= 4 is 17.7 Å². The molecule has 160 valence electrons. The molecule has 0 saturated heterocycles. The Kier molecular flexibility index (Phi) is 4.63. The molecular formula is C17H10F5N7O2. The number of pyridine rings is 1. The number of rotatable bonds is 4. The van der Waals surface area contributed by atoms with Crippen LogP contribution >= 0.6 is 0 Å². The van der Waals surface area contributed by atoms with Crippen LogP contribution in [0.2, 0.25) is 0 Å². The first-order valence-corrected chi connectivity index (χ1v) is 8.38. The minimum Gasteiger partial charge on any atom is -0.484 e. The van der Waals surface area contributed by atoms with Crippen LogP contribution < -0.4 is 10.5 Å². The second-order valence-electron chi connectivity index (χ2n) is 6.31. The number of amides is 1. The van der Waals surface area contributed by atoms with Gasteiger partial charge in [0.1, 0.15) is 18.3 Å². The average Bonchev–Trinajstić information content (AvgIpc) is 3.29. The summed E-state index contributed by atoms with van der Waals surface area (Å²) < 4.78 is 73.4. The molecule has 2 N–H and O–H groups in total. The van der Waals surface area contributed by atoms with Crippen molar-refractivity contribution in [2.24, 2.45) is 5.73 Å². The van der Waals surface area contributed by atoms with Gasteiger partial charge in [-0.2, -0.15) is 22.0 Å². The fourth-order valence-corrected chi connectivity index (χ4v) is 2.78. The van der Waals surface area contributed by atoms with Crippen LogP contribution in [0, 0.1) is 0 Å². The molecule has 4 rings (SSSR count). The topological polar surface area (TPSA) is 122 Å². The number of fused-ring (bicyclic) bond motifs is 1. The normalized spacial score (nSPS) is 15.5. The third-order valence-corrected chi connectivity index (χ3v) is 4.16. The number of nitrogens with two attached hydrogens (primary N) is 1. The number of nitrogens with zero attached hydrogens (tertiary/aromatic N) is 6. The van der Waals surface area contributed by atoms with E-state index in [-0.39, 0.29) is 17.0 Å². The molecule has 14 heteroatoms. The lowest BCUT2D eigenvalue weighted by atomic mass is 10.1. The fourth-order valence-electron chi connectivity index (χ4n) is 2.78. The smallest absolute Gasteiger partial charge is 0.433 e. The third-order valence-electron chi connectivity index (χ3n) is 4.16. The number of alkyl halides is 5. The molecule has 0 atom stereocenters. The lowest BCUT2D eigenvalue weighted by molar-refractivity contribution is -0.141. The van der Waals surface area contributed by atoms with E-state index in [4.69, 9.17) is 10.5 Å². The van der Waals surface area contributed by atoms with Crippen molar-refractivity contribution in [2.45, 2.75) is 12.1 Å². The van der Waals surface area contributed by atoms with Gasteiger partial charge in [-0.15, -0.1) is 5.10 Å².